The number of carbonyl (C=O) groups excluding carboxylic acids is 1. The van der Waals surface area contributed by atoms with Crippen LogP contribution in [0.25, 0.3) is 0 Å². The van der Waals surface area contributed by atoms with Crippen molar-refractivity contribution in [2.75, 3.05) is 14.2 Å². The molecule has 4 heteroatoms. The minimum Gasteiger partial charge on any atom is -0.497 e. The highest BCUT2D eigenvalue weighted by Gasteiger charge is 2.05. The summed E-state index contributed by atoms with van der Waals surface area (Å²) >= 11 is 0. The first-order valence-corrected chi connectivity index (χ1v) is 5.99. The van der Waals surface area contributed by atoms with E-state index in [1.807, 2.05) is 25.1 Å². The van der Waals surface area contributed by atoms with Gasteiger partial charge in [0, 0.05) is 24.3 Å². The fraction of sp³-hybridized carbons (Fsp3) is 0.267. The number of carbonyl (C=O) groups is 1. The van der Waals surface area contributed by atoms with Gasteiger partial charge in [-0.25, -0.2) is 0 Å². The highest BCUT2D eigenvalue weighted by molar-refractivity contribution is 5.87. The van der Waals surface area contributed by atoms with Gasteiger partial charge in [-0.2, -0.15) is 0 Å². The zero-order valence-electron chi connectivity index (χ0n) is 11.5. The van der Waals surface area contributed by atoms with Crippen LogP contribution < -0.4 is 14.8 Å². The van der Waals surface area contributed by atoms with Gasteiger partial charge in [-0.3, -0.25) is 4.79 Å². The lowest BCUT2D eigenvalue weighted by Gasteiger charge is -2.10. The highest BCUT2D eigenvalue weighted by Crippen LogP contribution is 2.24. The van der Waals surface area contributed by atoms with Gasteiger partial charge in [0.15, 0.2) is 0 Å². The number of allylic oxidation sites excluding steroid dienone is 3. The Morgan fingerprint density at radius 2 is 2.05 bits per heavy atom. The van der Waals surface area contributed by atoms with E-state index in [1.54, 1.807) is 32.4 Å². The largest absolute Gasteiger partial charge is 0.497 e. The number of hydrogen-bond acceptors (Lipinski definition) is 3. The third-order valence-corrected chi connectivity index (χ3v) is 2.50. The first-order valence-electron chi connectivity index (χ1n) is 5.99. The molecule has 19 heavy (non-hydrogen) atoms. The van der Waals surface area contributed by atoms with Gasteiger partial charge in [0.25, 0.3) is 0 Å². The molecule has 1 amide bonds. The Kier molecular flexibility index (Phi) is 6.22. The molecular formula is C15H19NO3. The van der Waals surface area contributed by atoms with Gasteiger partial charge >= 0.3 is 0 Å². The van der Waals surface area contributed by atoms with Crippen molar-refractivity contribution < 1.29 is 14.3 Å². The normalized spacial score (nSPS) is 10.9. The van der Waals surface area contributed by atoms with Crippen molar-refractivity contribution in [3.05, 3.63) is 48.1 Å². The second kappa shape index (κ2) is 7.97. The van der Waals surface area contributed by atoms with Crippen LogP contribution in [0, 0.1) is 0 Å². The molecule has 0 heterocycles. The van der Waals surface area contributed by atoms with Crippen LogP contribution in [0.2, 0.25) is 0 Å². The Balaban J connectivity index is 2.64. The molecule has 0 saturated heterocycles. The fourth-order valence-electron chi connectivity index (χ4n) is 1.49. The van der Waals surface area contributed by atoms with E-state index in [1.165, 1.54) is 6.08 Å². The van der Waals surface area contributed by atoms with E-state index in [0.29, 0.717) is 12.3 Å². The Morgan fingerprint density at radius 1 is 1.26 bits per heavy atom. The molecule has 1 aromatic rings. The molecular weight excluding hydrogens is 242 g/mol. The maximum atomic E-state index is 11.5. The second-order valence-electron chi connectivity index (χ2n) is 3.78. The van der Waals surface area contributed by atoms with E-state index in [0.717, 1.165) is 11.3 Å². The van der Waals surface area contributed by atoms with Gasteiger partial charge in [0.1, 0.15) is 11.5 Å². The van der Waals surface area contributed by atoms with Crippen LogP contribution in [0.5, 0.6) is 11.5 Å². The summed E-state index contributed by atoms with van der Waals surface area (Å²) in [6.45, 7) is 2.30. The molecule has 0 aliphatic rings. The van der Waals surface area contributed by atoms with Gasteiger partial charge in [0.05, 0.1) is 14.2 Å². The molecule has 0 radical (unpaired) electrons. The molecule has 1 N–H and O–H groups in total. The molecule has 1 aromatic carbocycles. The molecule has 0 aliphatic carbocycles. The smallest absolute Gasteiger partial charge is 0.244 e. The lowest BCUT2D eigenvalue weighted by atomic mass is 10.2. The van der Waals surface area contributed by atoms with Crippen molar-refractivity contribution in [2.24, 2.45) is 0 Å². The predicted molar refractivity (Wildman–Crippen MR) is 75.3 cm³/mol. The number of amides is 1. The summed E-state index contributed by atoms with van der Waals surface area (Å²) in [6.07, 6.45) is 6.83. The lowest BCUT2D eigenvalue weighted by Crippen LogP contribution is -2.20. The SMILES string of the molecule is C/C=C/C=C/C(=O)NCc1ccc(OC)cc1OC. The maximum absolute atomic E-state index is 11.5. The molecule has 4 nitrogen and oxygen atoms in total. The van der Waals surface area contributed by atoms with Crippen LogP contribution in [0.4, 0.5) is 0 Å². The summed E-state index contributed by atoms with van der Waals surface area (Å²) in [5, 5.41) is 2.79. The monoisotopic (exact) mass is 261 g/mol. The summed E-state index contributed by atoms with van der Waals surface area (Å²) < 4.78 is 10.4. The Morgan fingerprint density at radius 3 is 2.68 bits per heavy atom. The van der Waals surface area contributed by atoms with E-state index in [-0.39, 0.29) is 5.91 Å². The molecule has 0 unspecified atom stereocenters. The van der Waals surface area contributed by atoms with Crippen molar-refractivity contribution in [3.8, 4) is 11.5 Å². The van der Waals surface area contributed by atoms with Crippen molar-refractivity contribution in [1.29, 1.82) is 0 Å². The number of benzene rings is 1. The quantitative estimate of drug-likeness (QED) is 0.632. The average molecular weight is 261 g/mol. The van der Waals surface area contributed by atoms with Gasteiger partial charge in [-0.15, -0.1) is 0 Å². The molecule has 0 aromatic heterocycles. The molecule has 102 valence electrons. The van der Waals surface area contributed by atoms with Crippen molar-refractivity contribution in [2.45, 2.75) is 13.5 Å². The molecule has 0 saturated carbocycles. The minimum atomic E-state index is -0.143. The van der Waals surface area contributed by atoms with Crippen molar-refractivity contribution in [3.63, 3.8) is 0 Å². The van der Waals surface area contributed by atoms with Gasteiger partial charge < -0.3 is 14.8 Å². The van der Waals surface area contributed by atoms with E-state index in [4.69, 9.17) is 9.47 Å². The van der Waals surface area contributed by atoms with Gasteiger partial charge in [0.2, 0.25) is 5.91 Å². The number of rotatable bonds is 6. The Labute approximate surface area is 113 Å². The maximum Gasteiger partial charge on any atom is 0.244 e. The van der Waals surface area contributed by atoms with Crippen LogP contribution in [-0.2, 0) is 11.3 Å². The predicted octanol–water partition coefficient (Wildman–Crippen LogP) is 2.45. The molecule has 0 aliphatic heterocycles. The molecule has 0 spiro atoms. The van der Waals surface area contributed by atoms with E-state index in [2.05, 4.69) is 5.32 Å². The zero-order valence-corrected chi connectivity index (χ0v) is 11.5. The first kappa shape index (κ1) is 14.8. The van der Waals surface area contributed by atoms with Crippen LogP contribution >= 0.6 is 0 Å². The first-order chi connectivity index (χ1) is 9.21. The van der Waals surface area contributed by atoms with E-state index >= 15 is 0 Å². The fourth-order valence-corrected chi connectivity index (χ4v) is 1.49. The summed E-state index contributed by atoms with van der Waals surface area (Å²) in [6, 6.07) is 5.49. The Bertz CT molecular complexity index is 478. The third-order valence-electron chi connectivity index (χ3n) is 2.50. The van der Waals surface area contributed by atoms with Crippen LogP contribution in [-0.4, -0.2) is 20.1 Å². The van der Waals surface area contributed by atoms with Crippen molar-refractivity contribution >= 4 is 5.91 Å². The van der Waals surface area contributed by atoms with Crippen LogP contribution in [0.1, 0.15) is 12.5 Å². The third kappa shape index (κ3) is 4.87. The van der Waals surface area contributed by atoms with Crippen molar-refractivity contribution in [1.82, 2.24) is 5.32 Å². The highest BCUT2D eigenvalue weighted by atomic mass is 16.5. The van der Waals surface area contributed by atoms with Crippen LogP contribution in [0.3, 0.4) is 0 Å². The molecule has 0 atom stereocenters. The number of methoxy groups -OCH3 is 2. The number of hydrogen-bond donors (Lipinski definition) is 1. The summed E-state index contributed by atoms with van der Waals surface area (Å²) in [5.41, 5.74) is 0.899. The minimum absolute atomic E-state index is 0.143. The summed E-state index contributed by atoms with van der Waals surface area (Å²) in [4.78, 5) is 11.5. The standard InChI is InChI=1S/C15H19NO3/c1-4-5-6-7-15(17)16-11-12-8-9-13(18-2)10-14(12)19-3/h4-10H,11H2,1-3H3,(H,16,17)/b5-4+,7-6+. The summed E-state index contributed by atoms with van der Waals surface area (Å²) in [5.74, 6) is 1.27. The topological polar surface area (TPSA) is 47.6 Å². The zero-order chi connectivity index (χ0) is 14.1. The van der Waals surface area contributed by atoms with Gasteiger partial charge in [-0.05, 0) is 19.1 Å². The average Bonchev–Trinajstić information content (AvgIpc) is 2.45. The second-order valence-corrected chi connectivity index (χ2v) is 3.78. The summed E-state index contributed by atoms with van der Waals surface area (Å²) in [7, 11) is 3.19. The number of ether oxygens (including phenoxy) is 2. The lowest BCUT2D eigenvalue weighted by molar-refractivity contribution is -0.116. The van der Waals surface area contributed by atoms with Gasteiger partial charge in [-0.1, -0.05) is 18.2 Å². The molecule has 1 rings (SSSR count). The number of nitrogens with one attached hydrogen (secondary N) is 1. The van der Waals surface area contributed by atoms with E-state index < -0.39 is 0 Å². The molecule has 0 fully saturated rings. The van der Waals surface area contributed by atoms with E-state index in [9.17, 15) is 4.79 Å². The van der Waals surface area contributed by atoms with Crippen LogP contribution in [0.15, 0.2) is 42.5 Å². The Hall–Kier alpha value is -2.23. The molecule has 0 bridgehead atoms.